The lowest BCUT2D eigenvalue weighted by atomic mass is 10.0. The lowest BCUT2D eigenvalue weighted by Gasteiger charge is -2.33. The van der Waals surface area contributed by atoms with Crippen LogP contribution < -0.4 is 0 Å². The smallest absolute Gasteiger partial charge is 0.275 e. The Hall–Kier alpha value is -3.59. The summed E-state index contributed by atoms with van der Waals surface area (Å²) in [5.74, 6) is -0.562. The van der Waals surface area contributed by atoms with Gasteiger partial charge >= 0.3 is 0 Å². The number of imidazole rings is 2. The zero-order valence-corrected chi connectivity index (χ0v) is 16.4. The van der Waals surface area contributed by atoms with Crippen LogP contribution in [-0.2, 0) is 6.42 Å². The summed E-state index contributed by atoms with van der Waals surface area (Å²) in [5, 5.41) is 0.639. The van der Waals surface area contributed by atoms with Crippen LogP contribution >= 0.6 is 11.3 Å². The average molecular weight is 418 g/mol. The summed E-state index contributed by atoms with van der Waals surface area (Å²) >= 11 is 1.38. The van der Waals surface area contributed by atoms with Crippen molar-refractivity contribution in [1.29, 1.82) is 0 Å². The summed E-state index contributed by atoms with van der Waals surface area (Å²) in [7, 11) is 0. The first-order chi connectivity index (χ1) is 14.7. The number of aromatic nitrogens is 5. The van der Waals surface area contributed by atoms with E-state index in [4.69, 9.17) is 0 Å². The predicted octanol–water partition coefficient (Wildman–Crippen LogP) is 3.59. The van der Waals surface area contributed by atoms with E-state index in [0.29, 0.717) is 29.2 Å². The summed E-state index contributed by atoms with van der Waals surface area (Å²) in [5.41, 5.74) is 3.16. The molecule has 1 aliphatic heterocycles. The Bertz CT molecular complexity index is 1420. The number of H-pyrrole nitrogens is 1. The molecule has 1 N–H and O–H groups in total. The van der Waals surface area contributed by atoms with Gasteiger partial charge in [-0.3, -0.25) is 4.79 Å². The fourth-order valence-corrected chi connectivity index (χ4v) is 5.14. The number of para-hydroxylation sites is 1. The number of nitrogens with one attached hydrogen (secondary N) is 1. The molecule has 1 atom stereocenters. The van der Waals surface area contributed by atoms with Crippen molar-refractivity contribution in [2.45, 2.75) is 12.5 Å². The van der Waals surface area contributed by atoms with E-state index in [1.807, 2.05) is 34.9 Å². The number of amides is 1. The molecule has 5 aromatic rings. The van der Waals surface area contributed by atoms with E-state index in [0.717, 1.165) is 21.6 Å². The van der Waals surface area contributed by atoms with Gasteiger partial charge in [0.05, 0.1) is 22.2 Å². The zero-order chi connectivity index (χ0) is 20.2. The largest absolute Gasteiger partial charge is 0.348 e. The number of rotatable bonds is 2. The Morgan fingerprint density at radius 3 is 3.03 bits per heavy atom. The zero-order valence-electron chi connectivity index (χ0n) is 15.6. The molecule has 0 aliphatic carbocycles. The average Bonchev–Trinajstić information content (AvgIpc) is 3.50. The van der Waals surface area contributed by atoms with Crippen LogP contribution in [0.3, 0.4) is 0 Å². The van der Waals surface area contributed by atoms with Gasteiger partial charge in [0.15, 0.2) is 5.69 Å². The molecule has 0 spiro atoms. The molecule has 7 nitrogen and oxygen atoms in total. The summed E-state index contributed by atoms with van der Waals surface area (Å²) < 4.78 is 16.8. The summed E-state index contributed by atoms with van der Waals surface area (Å²) in [6.45, 7) is 0.489. The molecular formula is C21H15FN6OS. The van der Waals surface area contributed by atoms with Gasteiger partial charge in [0.1, 0.15) is 28.7 Å². The van der Waals surface area contributed by atoms with Crippen LogP contribution in [0.1, 0.15) is 32.9 Å². The maximum absolute atomic E-state index is 14.3. The molecule has 1 aromatic carbocycles. The van der Waals surface area contributed by atoms with E-state index >= 15 is 0 Å². The fraction of sp³-hybridized carbons (Fsp3) is 0.143. The topological polar surface area (TPSA) is 79.2 Å². The quantitative estimate of drug-likeness (QED) is 0.475. The van der Waals surface area contributed by atoms with Gasteiger partial charge < -0.3 is 14.3 Å². The van der Waals surface area contributed by atoms with Gasteiger partial charge in [-0.25, -0.2) is 19.3 Å². The van der Waals surface area contributed by atoms with Gasteiger partial charge in [0, 0.05) is 24.9 Å². The molecule has 0 fully saturated rings. The molecule has 30 heavy (non-hydrogen) atoms. The normalized spacial score (nSPS) is 16.3. The third kappa shape index (κ3) is 2.48. The first kappa shape index (κ1) is 17.3. The Kier molecular flexibility index (Phi) is 3.72. The van der Waals surface area contributed by atoms with Gasteiger partial charge in [-0.1, -0.05) is 12.1 Å². The van der Waals surface area contributed by atoms with Crippen LogP contribution in [0, 0.1) is 5.82 Å². The number of aromatic amines is 1. The van der Waals surface area contributed by atoms with Crippen LogP contribution in [0.15, 0.2) is 55.2 Å². The van der Waals surface area contributed by atoms with Crippen LogP contribution in [0.4, 0.5) is 4.39 Å². The summed E-state index contributed by atoms with van der Waals surface area (Å²) in [4.78, 5) is 31.9. The van der Waals surface area contributed by atoms with E-state index in [9.17, 15) is 9.18 Å². The molecule has 1 aliphatic rings. The van der Waals surface area contributed by atoms with Crippen LogP contribution in [0.5, 0.6) is 0 Å². The molecule has 148 valence electrons. The number of hydrogen-bond acceptors (Lipinski definition) is 5. The van der Waals surface area contributed by atoms with E-state index in [1.54, 1.807) is 23.6 Å². The van der Waals surface area contributed by atoms with Crippen molar-refractivity contribution in [1.82, 2.24) is 29.2 Å². The number of fused-ring (bicyclic) bond motifs is 3. The van der Waals surface area contributed by atoms with Crippen molar-refractivity contribution in [3.05, 3.63) is 83.2 Å². The predicted molar refractivity (Wildman–Crippen MR) is 110 cm³/mol. The highest BCUT2D eigenvalue weighted by atomic mass is 32.1. The number of nitrogens with zero attached hydrogens (tertiary/aromatic N) is 5. The minimum atomic E-state index is -0.496. The number of hydrogen-bond donors (Lipinski definition) is 1. The molecule has 5 heterocycles. The van der Waals surface area contributed by atoms with Crippen molar-refractivity contribution in [2.24, 2.45) is 0 Å². The molecule has 1 amide bonds. The van der Waals surface area contributed by atoms with E-state index < -0.39 is 6.04 Å². The molecule has 6 rings (SSSR count). The van der Waals surface area contributed by atoms with Crippen molar-refractivity contribution < 1.29 is 9.18 Å². The molecular weight excluding hydrogens is 403 g/mol. The van der Waals surface area contributed by atoms with Crippen LogP contribution in [0.25, 0.3) is 15.7 Å². The van der Waals surface area contributed by atoms with Crippen molar-refractivity contribution >= 4 is 33.0 Å². The number of pyridine rings is 1. The SMILES string of the molecule is O=C(c1ncn2ccccc12)N1CCc2[nH]cnc2[C@H]1c1nc2c(F)cccc2s1. The first-order valence-corrected chi connectivity index (χ1v) is 10.3. The third-order valence-corrected chi connectivity index (χ3v) is 6.53. The Morgan fingerprint density at radius 2 is 2.13 bits per heavy atom. The summed E-state index contributed by atoms with van der Waals surface area (Å²) in [6, 6.07) is 10.0. The summed E-state index contributed by atoms with van der Waals surface area (Å²) in [6.07, 6.45) is 5.78. The van der Waals surface area contributed by atoms with Crippen LogP contribution in [0.2, 0.25) is 0 Å². The molecule has 0 radical (unpaired) electrons. The second-order valence-electron chi connectivity index (χ2n) is 7.14. The maximum atomic E-state index is 14.3. The minimum Gasteiger partial charge on any atom is -0.348 e. The Balaban J connectivity index is 1.50. The van der Waals surface area contributed by atoms with E-state index in [1.165, 1.54) is 17.4 Å². The van der Waals surface area contributed by atoms with Gasteiger partial charge in [-0.15, -0.1) is 11.3 Å². The highest BCUT2D eigenvalue weighted by molar-refractivity contribution is 7.18. The van der Waals surface area contributed by atoms with E-state index in [2.05, 4.69) is 19.9 Å². The Morgan fingerprint density at radius 1 is 1.20 bits per heavy atom. The number of thiazole rings is 1. The number of benzene rings is 1. The lowest BCUT2D eigenvalue weighted by molar-refractivity contribution is 0.0687. The second kappa shape index (κ2) is 6.46. The molecule has 0 saturated carbocycles. The number of carbonyl (C=O) groups is 1. The molecule has 4 aromatic heterocycles. The monoisotopic (exact) mass is 418 g/mol. The maximum Gasteiger partial charge on any atom is 0.275 e. The fourth-order valence-electron chi connectivity index (χ4n) is 4.04. The van der Waals surface area contributed by atoms with Crippen molar-refractivity contribution in [3.63, 3.8) is 0 Å². The third-order valence-electron chi connectivity index (χ3n) is 5.45. The van der Waals surface area contributed by atoms with Gasteiger partial charge in [0.25, 0.3) is 5.91 Å². The van der Waals surface area contributed by atoms with Gasteiger partial charge in [-0.05, 0) is 24.3 Å². The van der Waals surface area contributed by atoms with Crippen LogP contribution in [-0.4, -0.2) is 41.7 Å². The lowest BCUT2D eigenvalue weighted by Crippen LogP contribution is -2.41. The van der Waals surface area contributed by atoms with E-state index in [-0.39, 0.29) is 11.7 Å². The van der Waals surface area contributed by atoms with Crippen molar-refractivity contribution in [2.75, 3.05) is 6.54 Å². The molecule has 0 unspecified atom stereocenters. The minimum absolute atomic E-state index is 0.193. The highest BCUT2D eigenvalue weighted by Crippen LogP contribution is 2.38. The number of halogens is 1. The van der Waals surface area contributed by atoms with Gasteiger partial charge in [0.2, 0.25) is 0 Å². The Labute approximate surface area is 173 Å². The highest BCUT2D eigenvalue weighted by Gasteiger charge is 2.37. The molecule has 0 saturated heterocycles. The second-order valence-corrected chi connectivity index (χ2v) is 8.20. The molecule has 0 bridgehead atoms. The standard InChI is InChI=1S/C21H15FN6OS/c22-12-4-3-6-15-16(12)26-20(30-15)19-17-13(23-10-24-17)7-9-28(19)21(29)18-14-5-1-2-8-27(14)11-25-18/h1-6,8,10-11,19H,7,9H2,(H,23,24)/t19-/m0/s1. The van der Waals surface area contributed by atoms with Crippen molar-refractivity contribution in [3.8, 4) is 0 Å². The number of carbonyl (C=O) groups excluding carboxylic acids is 1. The molecule has 9 heteroatoms. The first-order valence-electron chi connectivity index (χ1n) is 9.50. The van der Waals surface area contributed by atoms with Gasteiger partial charge in [-0.2, -0.15) is 0 Å².